The van der Waals surface area contributed by atoms with Gasteiger partial charge in [-0.25, -0.2) is 0 Å². The van der Waals surface area contributed by atoms with Gasteiger partial charge < -0.3 is 10.2 Å². The number of nitrogens with one attached hydrogen (secondary N) is 1. The molecule has 0 bridgehead atoms. The average molecular weight is 309 g/mol. The third-order valence-electron chi connectivity index (χ3n) is 4.24. The highest BCUT2D eigenvalue weighted by Gasteiger charge is 2.32. The molecule has 1 saturated heterocycles. The predicted molar refractivity (Wildman–Crippen MR) is 80.5 cm³/mol. The fourth-order valence-electron chi connectivity index (χ4n) is 2.60. The summed E-state index contributed by atoms with van der Waals surface area (Å²) in [6.07, 6.45) is -0.138. The third-order valence-corrected chi connectivity index (χ3v) is 4.24. The number of halogens is 3. The topological polar surface area (TPSA) is 18.5 Å². The third kappa shape index (κ3) is 8.63. The number of unbranched alkanes of at least 4 members (excludes halogenated alkanes) is 1. The monoisotopic (exact) mass is 309 g/mol. The summed E-state index contributed by atoms with van der Waals surface area (Å²) in [6.45, 7) is 6.78. The molecule has 0 aliphatic carbocycles. The number of hydrogen-bond acceptors (Lipinski definition) is 3. The van der Waals surface area contributed by atoms with Gasteiger partial charge in [0.1, 0.15) is 0 Å². The lowest BCUT2D eigenvalue weighted by Crippen LogP contribution is -2.45. The van der Waals surface area contributed by atoms with Crippen LogP contribution in [0, 0.1) is 0 Å². The van der Waals surface area contributed by atoms with Crippen molar-refractivity contribution in [3.05, 3.63) is 0 Å². The molecular formula is C15H30F3N3. The van der Waals surface area contributed by atoms with Crippen LogP contribution in [0.1, 0.15) is 39.5 Å². The second-order valence-electron chi connectivity index (χ2n) is 6.40. The maximum atomic E-state index is 12.3. The van der Waals surface area contributed by atoms with E-state index in [2.05, 4.69) is 31.1 Å². The molecule has 0 saturated carbocycles. The summed E-state index contributed by atoms with van der Waals surface area (Å²) in [6, 6.07) is 0.966. The minimum Gasteiger partial charge on any atom is -0.314 e. The molecule has 1 rings (SSSR count). The Morgan fingerprint density at radius 1 is 1.19 bits per heavy atom. The maximum Gasteiger partial charge on any atom is 0.401 e. The van der Waals surface area contributed by atoms with Crippen molar-refractivity contribution < 1.29 is 13.2 Å². The maximum absolute atomic E-state index is 12.3. The van der Waals surface area contributed by atoms with Gasteiger partial charge in [-0.2, -0.15) is 13.2 Å². The fourth-order valence-corrected chi connectivity index (χ4v) is 2.60. The van der Waals surface area contributed by atoms with Crippen LogP contribution in [0.5, 0.6) is 0 Å². The Morgan fingerprint density at radius 3 is 2.33 bits per heavy atom. The zero-order chi connectivity index (χ0) is 15.9. The standard InChI is InChI=1S/C15H30F3N3/c1-13(2)20(3)9-5-4-8-19-14-6-10-21(11-7-14)12-15(16,17)18/h13-14,19H,4-12H2,1-3H3. The van der Waals surface area contributed by atoms with Crippen molar-refractivity contribution >= 4 is 0 Å². The number of piperidine rings is 1. The van der Waals surface area contributed by atoms with E-state index in [0.29, 0.717) is 25.2 Å². The Morgan fingerprint density at radius 2 is 1.81 bits per heavy atom. The van der Waals surface area contributed by atoms with Gasteiger partial charge in [0, 0.05) is 12.1 Å². The second kappa shape index (κ2) is 8.96. The van der Waals surface area contributed by atoms with Gasteiger partial charge in [-0.3, -0.25) is 4.90 Å². The van der Waals surface area contributed by atoms with Gasteiger partial charge in [0.15, 0.2) is 0 Å². The average Bonchev–Trinajstić information content (AvgIpc) is 2.38. The van der Waals surface area contributed by atoms with Crippen molar-refractivity contribution in [2.45, 2.75) is 57.8 Å². The van der Waals surface area contributed by atoms with Gasteiger partial charge in [-0.05, 0) is 72.8 Å². The van der Waals surface area contributed by atoms with Gasteiger partial charge in [0.05, 0.1) is 6.54 Å². The Bertz CT molecular complexity index is 274. The van der Waals surface area contributed by atoms with Crippen LogP contribution in [0.15, 0.2) is 0 Å². The first-order valence-electron chi connectivity index (χ1n) is 8.00. The van der Waals surface area contributed by atoms with Gasteiger partial charge in [0.2, 0.25) is 0 Å². The van der Waals surface area contributed by atoms with Crippen LogP contribution in [0.3, 0.4) is 0 Å². The van der Waals surface area contributed by atoms with Gasteiger partial charge in [0.25, 0.3) is 0 Å². The molecule has 0 aromatic rings. The Labute approximate surface area is 126 Å². The number of likely N-dealkylation sites (tertiary alicyclic amines) is 1. The molecule has 0 amide bonds. The van der Waals surface area contributed by atoms with Crippen LogP contribution in [-0.2, 0) is 0 Å². The minimum absolute atomic E-state index is 0.386. The first kappa shape index (κ1) is 18.7. The molecule has 1 N–H and O–H groups in total. The Balaban J connectivity index is 2.03. The van der Waals surface area contributed by atoms with Crippen LogP contribution >= 0.6 is 0 Å². The van der Waals surface area contributed by atoms with E-state index in [1.807, 2.05) is 0 Å². The molecule has 21 heavy (non-hydrogen) atoms. The van der Waals surface area contributed by atoms with E-state index in [9.17, 15) is 13.2 Å². The molecule has 1 fully saturated rings. The van der Waals surface area contributed by atoms with Gasteiger partial charge >= 0.3 is 6.18 Å². The fraction of sp³-hybridized carbons (Fsp3) is 1.00. The number of rotatable bonds is 8. The van der Waals surface area contributed by atoms with Crippen molar-refractivity contribution in [2.24, 2.45) is 0 Å². The van der Waals surface area contributed by atoms with Crippen LogP contribution < -0.4 is 5.32 Å². The number of nitrogens with zero attached hydrogens (tertiary/aromatic N) is 2. The highest BCUT2D eigenvalue weighted by Crippen LogP contribution is 2.19. The second-order valence-corrected chi connectivity index (χ2v) is 6.40. The van der Waals surface area contributed by atoms with E-state index < -0.39 is 12.7 Å². The lowest BCUT2D eigenvalue weighted by molar-refractivity contribution is -0.148. The molecule has 126 valence electrons. The molecule has 0 unspecified atom stereocenters. The normalized spacial score (nSPS) is 18.9. The first-order chi connectivity index (χ1) is 9.78. The van der Waals surface area contributed by atoms with E-state index >= 15 is 0 Å². The number of hydrogen-bond donors (Lipinski definition) is 1. The zero-order valence-electron chi connectivity index (χ0n) is 13.5. The minimum atomic E-state index is -4.07. The first-order valence-corrected chi connectivity index (χ1v) is 8.00. The molecule has 1 aliphatic heterocycles. The summed E-state index contributed by atoms with van der Waals surface area (Å²) < 4.78 is 36.9. The van der Waals surface area contributed by atoms with Gasteiger partial charge in [-0.1, -0.05) is 0 Å². The van der Waals surface area contributed by atoms with Crippen molar-refractivity contribution in [1.29, 1.82) is 0 Å². The molecule has 0 spiro atoms. The van der Waals surface area contributed by atoms with E-state index in [4.69, 9.17) is 0 Å². The SMILES string of the molecule is CC(C)N(C)CCCCNC1CCN(CC(F)(F)F)CC1. The van der Waals surface area contributed by atoms with E-state index in [1.165, 1.54) is 4.90 Å². The van der Waals surface area contributed by atoms with Crippen molar-refractivity contribution in [1.82, 2.24) is 15.1 Å². The summed E-state index contributed by atoms with van der Waals surface area (Å²) >= 11 is 0. The molecule has 1 aliphatic rings. The highest BCUT2D eigenvalue weighted by molar-refractivity contribution is 4.78. The lowest BCUT2D eigenvalue weighted by Gasteiger charge is -2.32. The molecule has 6 heteroatoms. The molecular weight excluding hydrogens is 279 g/mol. The molecule has 0 atom stereocenters. The van der Waals surface area contributed by atoms with Gasteiger partial charge in [-0.15, -0.1) is 0 Å². The largest absolute Gasteiger partial charge is 0.401 e. The van der Waals surface area contributed by atoms with E-state index in [0.717, 1.165) is 38.8 Å². The molecule has 1 heterocycles. The van der Waals surface area contributed by atoms with E-state index in [-0.39, 0.29) is 0 Å². The van der Waals surface area contributed by atoms with Crippen molar-refractivity contribution in [2.75, 3.05) is 39.8 Å². The lowest BCUT2D eigenvalue weighted by atomic mass is 10.0. The molecule has 3 nitrogen and oxygen atoms in total. The summed E-state index contributed by atoms with van der Waals surface area (Å²) in [5.41, 5.74) is 0. The van der Waals surface area contributed by atoms with Crippen LogP contribution in [-0.4, -0.2) is 67.8 Å². The summed E-state index contributed by atoms with van der Waals surface area (Å²) in [7, 11) is 2.13. The quantitative estimate of drug-likeness (QED) is 0.696. The Kier molecular flexibility index (Phi) is 7.98. The Hall–Kier alpha value is -0.330. The van der Waals surface area contributed by atoms with E-state index in [1.54, 1.807) is 0 Å². The van der Waals surface area contributed by atoms with Crippen LogP contribution in [0.4, 0.5) is 13.2 Å². The summed E-state index contributed by atoms with van der Waals surface area (Å²) in [4.78, 5) is 3.84. The molecule has 0 radical (unpaired) electrons. The summed E-state index contributed by atoms with van der Waals surface area (Å²) in [5, 5.41) is 3.48. The highest BCUT2D eigenvalue weighted by atomic mass is 19.4. The van der Waals surface area contributed by atoms with Crippen LogP contribution in [0.25, 0.3) is 0 Å². The smallest absolute Gasteiger partial charge is 0.314 e. The van der Waals surface area contributed by atoms with Crippen molar-refractivity contribution in [3.8, 4) is 0 Å². The van der Waals surface area contributed by atoms with Crippen molar-refractivity contribution in [3.63, 3.8) is 0 Å². The predicted octanol–water partition coefficient (Wildman–Crippen LogP) is 2.72. The summed E-state index contributed by atoms with van der Waals surface area (Å²) in [5.74, 6) is 0. The van der Waals surface area contributed by atoms with Crippen LogP contribution in [0.2, 0.25) is 0 Å². The molecule has 0 aromatic carbocycles. The molecule has 0 aromatic heterocycles. The zero-order valence-corrected chi connectivity index (χ0v) is 13.5. The number of alkyl halides is 3.